The lowest BCUT2D eigenvalue weighted by Crippen LogP contribution is -2.62. The Bertz CT molecular complexity index is 648. The van der Waals surface area contributed by atoms with Crippen molar-refractivity contribution in [2.24, 2.45) is 5.92 Å². The van der Waals surface area contributed by atoms with Crippen LogP contribution in [0, 0.1) is 5.92 Å². The average molecular weight is 387 g/mol. The summed E-state index contributed by atoms with van der Waals surface area (Å²) in [5.74, 6) is 0.738. The highest BCUT2D eigenvalue weighted by atomic mass is 16.2. The number of piperazine rings is 1. The van der Waals surface area contributed by atoms with E-state index in [0.29, 0.717) is 12.5 Å². The number of hydrogen-bond acceptors (Lipinski definition) is 3. The normalized spacial score (nSPS) is 19.6. The second kappa shape index (κ2) is 9.41. The molecule has 154 valence electrons. The number of nitrogens with one attached hydrogen (secondary N) is 2. The topological polar surface area (TPSA) is 64.7 Å². The number of amides is 3. The number of benzene rings is 1. The van der Waals surface area contributed by atoms with Gasteiger partial charge in [-0.15, -0.1) is 0 Å². The first-order chi connectivity index (χ1) is 13.5. The van der Waals surface area contributed by atoms with Crippen LogP contribution >= 0.6 is 0 Å². The number of hydrogen-bond donors (Lipinski definition) is 2. The van der Waals surface area contributed by atoms with Crippen LogP contribution in [-0.2, 0) is 11.3 Å². The van der Waals surface area contributed by atoms with Gasteiger partial charge >= 0.3 is 6.03 Å². The Kier molecular flexibility index (Phi) is 6.94. The lowest BCUT2D eigenvalue weighted by Gasteiger charge is -2.40. The lowest BCUT2D eigenvalue weighted by molar-refractivity contribution is -0.139. The van der Waals surface area contributed by atoms with Crippen LogP contribution in [0.25, 0.3) is 0 Å². The fourth-order valence-corrected chi connectivity index (χ4v) is 4.36. The van der Waals surface area contributed by atoms with Crippen molar-refractivity contribution < 1.29 is 9.59 Å². The fourth-order valence-electron chi connectivity index (χ4n) is 4.36. The molecule has 1 aliphatic carbocycles. The van der Waals surface area contributed by atoms with Crippen LogP contribution in [0.5, 0.6) is 0 Å². The van der Waals surface area contributed by atoms with E-state index >= 15 is 0 Å². The maximum Gasteiger partial charge on any atom is 0.315 e. The van der Waals surface area contributed by atoms with Gasteiger partial charge in [0.2, 0.25) is 5.91 Å². The highest BCUT2D eigenvalue weighted by Gasteiger charge is 2.45. The molecule has 1 saturated carbocycles. The van der Waals surface area contributed by atoms with Crippen molar-refractivity contribution in [2.45, 2.75) is 51.6 Å². The molecule has 0 radical (unpaired) electrons. The molecule has 0 atom stereocenters. The molecular weight excluding hydrogens is 352 g/mol. The van der Waals surface area contributed by atoms with Gasteiger partial charge in [0.1, 0.15) is 5.54 Å². The Morgan fingerprint density at radius 2 is 1.68 bits per heavy atom. The van der Waals surface area contributed by atoms with E-state index in [9.17, 15) is 9.59 Å². The Balaban J connectivity index is 1.55. The third-order valence-corrected chi connectivity index (χ3v) is 5.80. The van der Waals surface area contributed by atoms with Gasteiger partial charge in [-0.1, -0.05) is 57.0 Å². The van der Waals surface area contributed by atoms with E-state index in [1.165, 1.54) is 0 Å². The molecule has 0 aromatic heterocycles. The molecule has 2 aliphatic rings. The monoisotopic (exact) mass is 386 g/mol. The third kappa shape index (κ3) is 5.25. The minimum atomic E-state index is -0.735. The van der Waals surface area contributed by atoms with Gasteiger partial charge in [-0.05, 0) is 24.3 Å². The van der Waals surface area contributed by atoms with Crippen LogP contribution in [0.15, 0.2) is 30.3 Å². The van der Waals surface area contributed by atoms with Crippen molar-refractivity contribution >= 4 is 11.9 Å². The van der Waals surface area contributed by atoms with Crippen LogP contribution in [0.4, 0.5) is 4.79 Å². The molecule has 6 nitrogen and oxygen atoms in total. The van der Waals surface area contributed by atoms with Crippen LogP contribution < -0.4 is 10.6 Å². The molecular formula is C22H34N4O2. The zero-order valence-electron chi connectivity index (χ0n) is 17.2. The summed E-state index contributed by atoms with van der Waals surface area (Å²) in [5, 5.41) is 5.96. The molecule has 1 aromatic carbocycles. The standard InChI is InChI=1S/C22H34N4O2/c1-18(2)17-25-12-14-26(15-13-25)20(27)22(10-6-7-11-22)24-21(28)23-16-19-8-4-3-5-9-19/h3-5,8-9,18H,6-7,10-17H2,1-2H3,(H2,23,24,28). The Hall–Kier alpha value is -2.08. The third-order valence-electron chi connectivity index (χ3n) is 5.80. The van der Waals surface area contributed by atoms with Crippen molar-refractivity contribution in [1.82, 2.24) is 20.4 Å². The summed E-state index contributed by atoms with van der Waals surface area (Å²) in [6.45, 7) is 9.33. The maximum absolute atomic E-state index is 13.3. The van der Waals surface area contributed by atoms with E-state index in [1.807, 2.05) is 35.2 Å². The number of carbonyl (C=O) groups excluding carboxylic acids is 2. The van der Waals surface area contributed by atoms with E-state index < -0.39 is 5.54 Å². The van der Waals surface area contributed by atoms with E-state index in [-0.39, 0.29) is 11.9 Å². The second-order valence-corrected chi connectivity index (χ2v) is 8.57. The molecule has 0 unspecified atom stereocenters. The zero-order chi connectivity index (χ0) is 20.0. The van der Waals surface area contributed by atoms with Gasteiger partial charge in [0, 0.05) is 39.3 Å². The lowest BCUT2D eigenvalue weighted by atomic mass is 9.95. The minimum Gasteiger partial charge on any atom is -0.338 e. The van der Waals surface area contributed by atoms with Gasteiger partial charge in [-0.3, -0.25) is 9.69 Å². The van der Waals surface area contributed by atoms with Crippen LogP contribution in [0.3, 0.4) is 0 Å². The van der Waals surface area contributed by atoms with E-state index in [1.54, 1.807) is 0 Å². The van der Waals surface area contributed by atoms with Crippen LogP contribution in [0.2, 0.25) is 0 Å². The molecule has 3 rings (SSSR count). The molecule has 1 aromatic rings. The molecule has 1 saturated heterocycles. The first kappa shape index (κ1) is 20.6. The first-order valence-corrected chi connectivity index (χ1v) is 10.6. The number of nitrogens with zero attached hydrogens (tertiary/aromatic N) is 2. The Morgan fingerprint density at radius 1 is 1.04 bits per heavy atom. The molecule has 0 spiro atoms. The number of urea groups is 1. The van der Waals surface area contributed by atoms with Gasteiger partial charge < -0.3 is 15.5 Å². The summed E-state index contributed by atoms with van der Waals surface area (Å²) in [7, 11) is 0. The smallest absolute Gasteiger partial charge is 0.315 e. The quantitative estimate of drug-likeness (QED) is 0.790. The van der Waals surface area contributed by atoms with Crippen molar-refractivity contribution in [3.63, 3.8) is 0 Å². The fraction of sp³-hybridized carbons (Fsp3) is 0.636. The van der Waals surface area contributed by atoms with E-state index in [2.05, 4.69) is 29.4 Å². The molecule has 0 bridgehead atoms. The van der Waals surface area contributed by atoms with E-state index in [4.69, 9.17) is 0 Å². The highest BCUT2D eigenvalue weighted by Crippen LogP contribution is 2.32. The summed E-state index contributed by atoms with van der Waals surface area (Å²) in [6, 6.07) is 9.57. The largest absolute Gasteiger partial charge is 0.338 e. The first-order valence-electron chi connectivity index (χ1n) is 10.6. The Morgan fingerprint density at radius 3 is 2.29 bits per heavy atom. The predicted octanol–water partition coefficient (Wildman–Crippen LogP) is 2.60. The molecule has 1 aliphatic heterocycles. The van der Waals surface area contributed by atoms with Gasteiger partial charge in [-0.2, -0.15) is 0 Å². The predicted molar refractivity (Wildman–Crippen MR) is 111 cm³/mol. The summed E-state index contributed by atoms with van der Waals surface area (Å²) in [6.07, 6.45) is 3.43. The summed E-state index contributed by atoms with van der Waals surface area (Å²) in [5.41, 5.74) is 0.312. The average Bonchev–Trinajstić information content (AvgIpc) is 3.16. The van der Waals surface area contributed by atoms with Gasteiger partial charge in [0.05, 0.1) is 0 Å². The molecule has 6 heteroatoms. The molecule has 2 fully saturated rings. The van der Waals surface area contributed by atoms with Crippen LogP contribution in [0.1, 0.15) is 45.1 Å². The second-order valence-electron chi connectivity index (χ2n) is 8.57. The Labute approximate surface area is 168 Å². The molecule has 1 heterocycles. The maximum atomic E-state index is 13.3. The van der Waals surface area contributed by atoms with Crippen molar-refractivity contribution in [3.8, 4) is 0 Å². The van der Waals surface area contributed by atoms with E-state index in [0.717, 1.165) is 64.0 Å². The zero-order valence-corrected chi connectivity index (χ0v) is 17.2. The molecule has 28 heavy (non-hydrogen) atoms. The van der Waals surface area contributed by atoms with Crippen molar-refractivity contribution in [1.29, 1.82) is 0 Å². The van der Waals surface area contributed by atoms with Crippen LogP contribution in [-0.4, -0.2) is 60.0 Å². The highest BCUT2D eigenvalue weighted by molar-refractivity contribution is 5.91. The summed E-state index contributed by atoms with van der Waals surface area (Å²) >= 11 is 0. The van der Waals surface area contributed by atoms with Gasteiger partial charge in [-0.25, -0.2) is 4.79 Å². The number of carbonyl (C=O) groups is 2. The summed E-state index contributed by atoms with van der Waals surface area (Å²) in [4.78, 5) is 30.2. The molecule has 3 amide bonds. The minimum absolute atomic E-state index is 0.101. The molecule has 2 N–H and O–H groups in total. The SMILES string of the molecule is CC(C)CN1CCN(C(=O)C2(NC(=O)NCc3ccccc3)CCCC2)CC1. The summed E-state index contributed by atoms with van der Waals surface area (Å²) < 4.78 is 0. The van der Waals surface area contributed by atoms with Crippen molar-refractivity contribution in [3.05, 3.63) is 35.9 Å². The van der Waals surface area contributed by atoms with Crippen molar-refractivity contribution in [2.75, 3.05) is 32.7 Å². The van der Waals surface area contributed by atoms with Gasteiger partial charge in [0.15, 0.2) is 0 Å². The number of rotatable bonds is 6. The van der Waals surface area contributed by atoms with Gasteiger partial charge in [0.25, 0.3) is 0 Å².